The van der Waals surface area contributed by atoms with Gasteiger partial charge >= 0.3 is 11.9 Å². The van der Waals surface area contributed by atoms with Gasteiger partial charge in [-0.25, -0.2) is 0 Å². The van der Waals surface area contributed by atoms with Crippen molar-refractivity contribution in [2.45, 2.75) is 83.3 Å². The molecule has 0 aromatic rings. The van der Waals surface area contributed by atoms with Gasteiger partial charge in [-0.2, -0.15) is 0 Å². The summed E-state index contributed by atoms with van der Waals surface area (Å²) in [7, 11) is 0. The molecule has 0 bridgehead atoms. The summed E-state index contributed by atoms with van der Waals surface area (Å²) in [6, 6.07) is 0. The number of hydrogen-bond acceptors (Lipinski definition) is 4. The lowest BCUT2D eigenvalue weighted by Crippen LogP contribution is -2.32. The van der Waals surface area contributed by atoms with Gasteiger partial charge in [-0.1, -0.05) is 12.8 Å². The van der Waals surface area contributed by atoms with E-state index in [2.05, 4.69) is 0 Å². The molecule has 114 valence electrons. The van der Waals surface area contributed by atoms with Crippen molar-refractivity contribution in [1.82, 2.24) is 0 Å². The second-order valence-electron chi connectivity index (χ2n) is 6.12. The lowest BCUT2D eigenvalue weighted by atomic mass is 9.97. The molecule has 0 radical (unpaired) electrons. The number of ether oxygens (including phenoxy) is 2. The molecule has 0 atom stereocenters. The molecule has 0 spiro atoms. The number of hydrogen-bond donors (Lipinski definition) is 0. The molecule has 0 heterocycles. The van der Waals surface area contributed by atoms with Crippen LogP contribution < -0.4 is 0 Å². The predicted octanol–water partition coefficient (Wildman–Crippen LogP) is 3.37. The van der Waals surface area contributed by atoms with Crippen LogP contribution in [-0.4, -0.2) is 24.1 Å². The highest BCUT2D eigenvalue weighted by molar-refractivity contribution is 5.94. The summed E-state index contributed by atoms with van der Waals surface area (Å²) in [5.41, 5.74) is 0. The van der Waals surface area contributed by atoms with Crippen LogP contribution in [0.3, 0.4) is 0 Å². The highest BCUT2D eigenvalue weighted by atomic mass is 16.6. The molecule has 4 heteroatoms. The van der Waals surface area contributed by atoms with E-state index in [1.54, 1.807) is 6.92 Å². The van der Waals surface area contributed by atoms with Gasteiger partial charge in [0.1, 0.15) is 12.2 Å². The van der Waals surface area contributed by atoms with Crippen molar-refractivity contribution >= 4 is 11.9 Å². The van der Waals surface area contributed by atoms with E-state index in [-0.39, 0.29) is 12.2 Å². The van der Waals surface area contributed by atoms with Gasteiger partial charge in [-0.3, -0.25) is 9.59 Å². The zero-order valence-electron chi connectivity index (χ0n) is 12.4. The Morgan fingerprint density at radius 3 is 1.45 bits per heavy atom. The second kappa shape index (κ2) is 7.65. The average molecular weight is 282 g/mol. The lowest BCUT2D eigenvalue weighted by molar-refractivity contribution is -0.168. The van der Waals surface area contributed by atoms with E-state index in [4.69, 9.17) is 9.47 Å². The number of rotatable bonds is 4. The summed E-state index contributed by atoms with van der Waals surface area (Å²) in [5.74, 6) is -1.63. The topological polar surface area (TPSA) is 52.6 Å². The van der Waals surface area contributed by atoms with E-state index in [1.807, 2.05) is 0 Å². The van der Waals surface area contributed by atoms with Gasteiger partial charge in [0.25, 0.3) is 0 Å². The maximum atomic E-state index is 12.0. The molecule has 0 amide bonds. The van der Waals surface area contributed by atoms with Crippen molar-refractivity contribution in [1.29, 1.82) is 0 Å². The van der Waals surface area contributed by atoms with Gasteiger partial charge in [0.2, 0.25) is 0 Å². The van der Waals surface area contributed by atoms with Crippen molar-refractivity contribution < 1.29 is 19.1 Å². The van der Waals surface area contributed by atoms with Gasteiger partial charge in [0, 0.05) is 0 Å². The minimum Gasteiger partial charge on any atom is -0.462 e. The Labute approximate surface area is 121 Å². The number of carbonyl (C=O) groups excluding carboxylic acids is 2. The molecule has 4 nitrogen and oxygen atoms in total. The minimum absolute atomic E-state index is 0.00109. The molecule has 0 unspecified atom stereocenters. The van der Waals surface area contributed by atoms with E-state index in [0.717, 1.165) is 51.4 Å². The summed E-state index contributed by atoms with van der Waals surface area (Å²) in [5, 5.41) is 0. The van der Waals surface area contributed by atoms with Crippen molar-refractivity contribution in [3.8, 4) is 0 Å². The molecule has 0 aliphatic heterocycles. The molecule has 2 aliphatic carbocycles. The summed E-state index contributed by atoms with van der Waals surface area (Å²) in [4.78, 5) is 23.9. The van der Waals surface area contributed by atoms with Crippen LogP contribution in [0.4, 0.5) is 0 Å². The highest BCUT2D eigenvalue weighted by Crippen LogP contribution is 2.23. The van der Waals surface area contributed by atoms with E-state index in [0.29, 0.717) is 0 Å². The smallest absolute Gasteiger partial charge is 0.320 e. The third-order valence-corrected chi connectivity index (χ3v) is 4.38. The molecular formula is C16H26O4. The van der Waals surface area contributed by atoms with Gasteiger partial charge in [0.15, 0.2) is 5.92 Å². The predicted molar refractivity (Wildman–Crippen MR) is 75.1 cm³/mol. The Balaban J connectivity index is 1.74. The Morgan fingerprint density at radius 1 is 0.750 bits per heavy atom. The Morgan fingerprint density at radius 2 is 1.10 bits per heavy atom. The minimum atomic E-state index is -0.793. The zero-order chi connectivity index (χ0) is 14.4. The fourth-order valence-electron chi connectivity index (χ4n) is 2.99. The molecule has 2 saturated carbocycles. The van der Waals surface area contributed by atoms with E-state index in [1.165, 1.54) is 12.8 Å². The van der Waals surface area contributed by atoms with E-state index < -0.39 is 17.9 Å². The monoisotopic (exact) mass is 282 g/mol. The van der Waals surface area contributed by atoms with E-state index in [9.17, 15) is 9.59 Å². The molecule has 20 heavy (non-hydrogen) atoms. The van der Waals surface area contributed by atoms with Gasteiger partial charge < -0.3 is 9.47 Å². The van der Waals surface area contributed by atoms with Crippen LogP contribution in [0.15, 0.2) is 0 Å². The Kier molecular flexibility index (Phi) is 5.86. The van der Waals surface area contributed by atoms with Crippen molar-refractivity contribution in [3.63, 3.8) is 0 Å². The van der Waals surface area contributed by atoms with Crippen LogP contribution in [0.2, 0.25) is 0 Å². The first-order valence-corrected chi connectivity index (χ1v) is 8.08. The molecule has 2 aliphatic rings. The number of carbonyl (C=O) groups is 2. The first kappa shape index (κ1) is 15.3. The summed E-state index contributed by atoms with van der Waals surface area (Å²) < 4.78 is 10.8. The SMILES string of the molecule is CC(C(=O)OC1CCCCC1)C(=O)OC1CCCCC1. The van der Waals surface area contributed by atoms with Gasteiger partial charge in [-0.15, -0.1) is 0 Å². The molecule has 2 rings (SSSR count). The lowest BCUT2D eigenvalue weighted by Gasteiger charge is -2.25. The van der Waals surface area contributed by atoms with E-state index >= 15 is 0 Å². The second-order valence-corrected chi connectivity index (χ2v) is 6.12. The quantitative estimate of drug-likeness (QED) is 0.586. The van der Waals surface area contributed by atoms with Crippen LogP contribution in [0.1, 0.15) is 71.1 Å². The van der Waals surface area contributed by atoms with Crippen molar-refractivity contribution in [2.24, 2.45) is 5.92 Å². The normalized spacial score (nSPS) is 21.7. The summed E-state index contributed by atoms with van der Waals surface area (Å²) in [6.07, 6.45) is 10.6. The molecule has 2 fully saturated rings. The fraction of sp³-hybridized carbons (Fsp3) is 0.875. The molecule has 0 aromatic carbocycles. The Hall–Kier alpha value is -1.06. The third-order valence-electron chi connectivity index (χ3n) is 4.38. The average Bonchev–Trinajstić information content (AvgIpc) is 2.48. The van der Waals surface area contributed by atoms with Crippen LogP contribution >= 0.6 is 0 Å². The van der Waals surface area contributed by atoms with Gasteiger partial charge in [-0.05, 0) is 58.3 Å². The number of esters is 2. The third kappa shape index (κ3) is 4.50. The Bertz CT molecular complexity index is 295. The van der Waals surface area contributed by atoms with Crippen LogP contribution in [-0.2, 0) is 19.1 Å². The first-order valence-electron chi connectivity index (χ1n) is 8.08. The highest BCUT2D eigenvalue weighted by Gasteiger charge is 2.30. The molecule has 0 N–H and O–H groups in total. The first-order chi connectivity index (χ1) is 9.66. The largest absolute Gasteiger partial charge is 0.462 e. The fourth-order valence-corrected chi connectivity index (χ4v) is 2.99. The van der Waals surface area contributed by atoms with Crippen LogP contribution in [0, 0.1) is 5.92 Å². The standard InChI is InChI=1S/C16H26O4/c1-12(15(17)19-13-8-4-2-5-9-13)16(18)20-14-10-6-3-7-11-14/h12-14H,2-11H2,1H3. The maximum absolute atomic E-state index is 12.0. The molecule has 0 aromatic heterocycles. The summed E-state index contributed by atoms with van der Waals surface area (Å²) >= 11 is 0. The van der Waals surface area contributed by atoms with Crippen molar-refractivity contribution in [3.05, 3.63) is 0 Å². The van der Waals surface area contributed by atoms with Crippen LogP contribution in [0.5, 0.6) is 0 Å². The van der Waals surface area contributed by atoms with Crippen molar-refractivity contribution in [2.75, 3.05) is 0 Å². The summed E-state index contributed by atoms with van der Waals surface area (Å²) in [6.45, 7) is 1.59. The maximum Gasteiger partial charge on any atom is 0.320 e. The zero-order valence-corrected chi connectivity index (χ0v) is 12.4. The molecular weight excluding hydrogens is 256 g/mol. The van der Waals surface area contributed by atoms with Gasteiger partial charge in [0.05, 0.1) is 0 Å². The molecule has 0 saturated heterocycles. The van der Waals surface area contributed by atoms with Crippen LogP contribution in [0.25, 0.3) is 0 Å².